The second kappa shape index (κ2) is 14.5. The second-order valence-corrected chi connectivity index (χ2v) is 16.7. The van der Waals surface area contributed by atoms with E-state index in [1.165, 1.54) is 60.8 Å². The number of anilines is 1. The van der Waals surface area contributed by atoms with Gasteiger partial charge in [-0.15, -0.1) is 0 Å². The summed E-state index contributed by atoms with van der Waals surface area (Å²) in [6.07, 6.45) is 11.9. The molecule has 2 aromatic heterocycles. The number of rotatable bonds is 11. The smallest absolute Gasteiger partial charge is 0.153 e. The first-order valence-electron chi connectivity index (χ1n) is 20.1. The highest BCUT2D eigenvalue weighted by Crippen LogP contribution is 2.53. The normalized spacial score (nSPS) is 20.7. The zero-order chi connectivity index (χ0) is 36.8. The van der Waals surface area contributed by atoms with Crippen LogP contribution >= 0.6 is 0 Å². The van der Waals surface area contributed by atoms with Crippen LogP contribution in [-0.4, -0.2) is 71.9 Å². The third-order valence-corrected chi connectivity index (χ3v) is 12.9. The topological polar surface area (TPSA) is 73.9 Å². The van der Waals surface area contributed by atoms with E-state index in [1.807, 2.05) is 37.6 Å². The van der Waals surface area contributed by atoms with Crippen LogP contribution in [0, 0.1) is 5.41 Å². The number of hydrogen-bond acceptors (Lipinski definition) is 7. The van der Waals surface area contributed by atoms with Crippen LogP contribution in [0.25, 0.3) is 11.0 Å². The highest BCUT2D eigenvalue weighted by Gasteiger charge is 2.50. The molecule has 4 aliphatic rings. The summed E-state index contributed by atoms with van der Waals surface area (Å²) in [5, 5.41) is 0.976. The Morgan fingerprint density at radius 1 is 0.926 bits per heavy atom. The lowest BCUT2D eigenvalue weighted by molar-refractivity contribution is -0.0628. The van der Waals surface area contributed by atoms with Crippen molar-refractivity contribution in [2.45, 2.75) is 82.8 Å². The maximum absolute atomic E-state index is 12.0. The quantitative estimate of drug-likeness (QED) is 0.136. The number of ether oxygens (including phenoxy) is 2. The summed E-state index contributed by atoms with van der Waals surface area (Å²) in [5.74, 6) is 3.43. The van der Waals surface area contributed by atoms with E-state index < -0.39 is 0 Å². The van der Waals surface area contributed by atoms with Crippen LogP contribution in [0.2, 0.25) is 0 Å². The van der Waals surface area contributed by atoms with E-state index in [0.717, 1.165) is 68.0 Å². The molecule has 9 rings (SSSR count). The Labute approximate surface area is 319 Å². The SMILES string of the molecule is COc1cc(CN2CCN(C3CC4(CCN(c5ccc(C=O)c(Oc6cnc7[nH]ccc7c6)c5)CC4)C3)C(c3ccccc3C(C)C)C2)ccc1C1CC1. The van der Waals surface area contributed by atoms with Crippen molar-refractivity contribution < 1.29 is 14.3 Å². The van der Waals surface area contributed by atoms with Crippen molar-refractivity contribution in [2.24, 2.45) is 5.41 Å². The number of pyridine rings is 1. The predicted molar refractivity (Wildman–Crippen MR) is 215 cm³/mol. The minimum Gasteiger partial charge on any atom is -0.496 e. The number of piperidine rings is 1. The van der Waals surface area contributed by atoms with Gasteiger partial charge in [0.1, 0.15) is 22.9 Å². The Morgan fingerprint density at radius 2 is 1.76 bits per heavy atom. The summed E-state index contributed by atoms with van der Waals surface area (Å²) in [6, 6.07) is 27.1. The molecule has 8 heteroatoms. The lowest BCUT2D eigenvalue weighted by atomic mass is 9.59. The average Bonchev–Trinajstić information content (AvgIpc) is 3.93. The molecular weight excluding hydrogens is 671 g/mol. The molecule has 4 fully saturated rings. The molecule has 0 bridgehead atoms. The molecule has 4 heterocycles. The van der Waals surface area contributed by atoms with E-state index >= 15 is 0 Å². The van der Waals surface area contributed by atoms with Crippen molar-refractivity contribution in [3.63, 3.8) is 0 Å². The number of benzene rings is 3. The van der Waals surface area contributed by atoms with Gasteiger partial charge in [0.15, 0.2) is 6.29 Å². The number of nitrogens with zero attached hydrogens (tertiary/aromatic N) is 4. The third kappa shape index (κ3) is 6.90. The zero-order valence-corrected chi connectivity index (χ0v) is 32.0. The van der Waals surface area contributed by atoms with Gasteiger partial charge in [-0.3, -0.25) is 14.6 Å². The third-order valence-electron chi connectivity index (χ3n) is 12.9. The van der Waals surface area contributed by atoms with Crippen LogP contribution in [0.5, 0.6) is 17.2 Å². The Kier molecular flexibility index (Phi) is 9.44. The molecule has 2 aliphatic carbocycles. The predicted octanol–water partition coefficient (Wildman–Crippen LogP) is 9.49. The van der Waals surface area contributed by atoms with Gasteiger partial charge in [0.2, 0.25) is 0 Å². The summed E-state index contributed by atoms with van der Waals surface area (Å²) < 4.78 is 12.1. The van der Waals surface area contributed by atoms with Gasteiger partial charge in [-0.1, -0.05) is 50.2 Å². The summed E-state index contributed by atoms with van der Waals surface area (Å²) in [6.45, 7) is 10.9. The molecule has 1 unspecified atom stereocenters. The highest BCUT2D eigenvalue weighted by molar-refractivity contribution is 5.81. The summed E-state index contributed by atoms with van der Waals surface area (Å²) in [7, 11) is 1.82. The lowest BCUT2D eigenvalue weighted by Crippen LogP contribution is -2.60. The second-order valence-electron chi connectivity index (χ2n) is 16.7. The molecule has 0 amide bonds. The van der Waals surface area contributed by atoms with Crippen molar-refractivity contribution in [2.75, 3.05) is 44.7 Å². The number of piperazine rings is 1. The van der Waals surface area contributed by atoms with Gasteiger partial charge in [0.25, 0.3) is 0 Å². The first-order valence-corrected chi connectivity index (χ1v) is 20.1. The highest BCUT2D eigenvalue weighted by atomic mass is 16.5. The van der Waals surface area contributed by atoms with Crippen molar-refractivity contribution in [3.05, 3.63) is 113 Å². The Bertz CT molecular complexity index is 2120. The number of methoxy groups -OCH3 is 1. The molecule has 2 aliphatic heterocycles. The van der Waals surface area contributed by atoms with Gasteiger partial charge < -0.3 is 19.4 Å². The number of fused-ring (bicyclic) bond motifs is 1. The fourth-order valence-corrected chi connectivity index (χ4v) is 9.72. The van der Waals surface area contributed by atoms with Crippen LogP contribution in [-0.2, 0) is 6.54 Å². The van der Waals surface area contributed by atoms with Crippen LogP contribution < -0.4 is 14.4 Å². The van der Waals surface area contributed by atoms with E-state index in [-0.39, 0.29) is 0 Å². The summed E-state index contributed by atoms with van der Waals surface area (Å²) >= 11 is 0. The standard InChI is InChI=1S/C46H53N5O3/c1-31(2)39-6-4-5-7-41(39)42-29-49(28-32-8-13-40(33-9-10-33)44(22-32)53-3)20-21-51(42)37-25-46(26-37)15-18-50(19-16-46)36-12-11-35(30-52)43(24-36)54-38-23-34-14-17-47-45(34)48-27-38/h4-8,11-14,17,22-24,27,30-31,33,37,42H,9-10,15-16,18-21,25-26,28-29H2,1-3H3,(H,47,48). The van der Waals surface area contributed by atoms with Crippen LogP contribution in [0.15, 0.2) is 85.2 Å². The van der Waals surface area contributed by atoms with Crippen LogP contribution in [0.1, 0.15) is 103 Å². The first-order chi connectivity index (χ1) is 26.4. The van der Waals surface area contributed by atoms with Gasteiger partial charge >= 0.3 is 0 Å². The molecule has 1 N–H and O–H groups in total. The Hall–Kier alpha value is -4.66. The van der Waals surface area contributed by atoms with E-state index in [4.69, 9.17) is 9.47 Å². The van der Waals surface area contributed by atoms with Gasteiger partial charge in [0.05, 0.1) is 18.9 Å². The minimum atomic E-state index is 0.385. The molecule has 2 saturated heterocycles. The number of aromatic amines is 1. The fourth-order valence-electron chi connectivity index (χ4n) is 9.72. The van der Waals surface area contributed by atoms with Gasteiger partial charge in [-0.2, -0.15) is 0 Å². The number of H-pyrrole nitrogens is 1. The van der Waals surface area contributed by atoms with E-state index in [1.54, 1.807) is 6.20 Å². The van der Waals surface area contributed by atoms with Crippen LogP contribution in [0.4, 0.5) is 5.69 Å². The molecule has 280 valence electrons. The Morgan fingerprint density at radius 3 is 2.54 bits per heavy atom. The summed E-state index contributed by atoms with van der Waals surface area (Å²) in [4.78, 5) is 27.6. The van der Waals surface area contributed by atoms with Crippen molar-refractivity contribution in [1.29, 1.82) is 0 Å². The minimum absolute atomic E-state index is 0.385. The average molecular weight is 724 g/mol. The number of carbonyl (C=O) groups is 1. The lowest BCUT2D eigenvalue weighted by Gasteiger charge is -2.58. The van der Waals surface area contributed by atoms with Crippen molar-refractivity contribution in [3.8, 4) is 17.2 Å². The molecular formula is C46H53N5O3. The molecule has 3 aromatic carbocycles. The van der Waals surface area contributed by atoms with E-state index in [2.05, 4.69) is 87.0 Å². The molecule has 1 spiro atoms. The number of aromatic nitrogens is 2. The van der Waals surface area contributed by atoms with Gasteiger partial charge in [-0.05, 0) is 108 Å². The molecule has 1 atom stereocenters. The fraction of sp³-hybridized carbons (Fsp3) is 0.435. The summed E-state index contributed by atoms with van der Waals surface area (Å²) in [5.41, 5.74) is 8.60. The monoisotopic (exact) mass is 723 g/mol. The number of hydrogen-bond donors (Lipinski definition) is 1. The number of nitrogens with one attached hydrogen (secondary N) is 1. The first kappa shape index (κ1) is 35.1. The van der Waals surface area contributed by atoms with Gasteiger partial charge in [0, 0.05) is 74.7 Å². The number of aldehydes is 1. The zero-order valence-electron chi connectivity index (χ0n) is 32.0. The molecule has 54 heavy (non-hydrogen) atoms. The molecule has 2 saturated carbocycles. The van der Waals surface area contributed by atoms with Crippen molar-refractivity contribution in [1.82, 2.24) is 19.8 Å². The molecule has 5 aromatic rings. The molecule has 0 radical (unpaired) electrons. The van der Waals surface area contributed by atoms with E-state index in [0.29, 0.717) is 46.4 Å². The largest absolute Gasteiger partial charge is 0.496 e. The van der Waals surface area contributed by atoms with Crippen LogP contribution in [0.3, 0.4) is 0 Å². The Balaban J connectivity index is 0.873. The van der Waals surface area contributed by atoms with Crippen molar-refractivity contribution >= 4 is 23.0 Å². The van der Waals surface area contributed by atoms with Gasteiger partial charge in [-0.25, -0.2) is 4.98 Å². The number of carbonyl (C=O) groups excluding carboxylic acids is 1. The maximum Gasteiger partial charge on any atom is 0.153 e. The maximum atomic E-state index is 12.0. The van der Waals surface area contributed by atoms with E-state index in [9.17, 15) is 4.79 Å². The molecule has 8 nitrogen and oxygen atoms in total.